The Kier molecular flexibility index (Phi) is 7.64. The van der Waals surface area contributed by atoms with Crippen molar-refractivity contribution in [3.05, 3.63) is 35.9 Å². The van der Waals surface area contributed by atoms with Crippen molar-refractivity contribution >= 4 is 11.8 Å². The molecule has 2 aliphatic rings. The monoisotopic (exact) mass is 404 g/mol. The highest BCUT2D eigenvalue weighted by molar-refractivity contribution is 5.85. The van der Waals surface area contributed by atoms with Gasteiger partial charge in [0.15, 0.2) is 0 Å². The molecule has 3 unspecified atom stereocenters. The van der Waals surface area contributed by atoms with E-state index in [1.807, 2.05) is 30.3 Å². The average molecular weight is 405 g/mol. The van der Waals surface area contributed by atoms with Crippen LogP contribution in [0.1, 0.15) is 63.4 Å². The Balaban J connectivity index is 1.55. The molecule has 2 amide bonds. The van der Waals surface area contributed by atoms with Crippen LogP contribution in [0.3, 0.4) is 0 Å². The fraction of sp³-hybridized carbons (Fsp3) is 0.652. The number of hydrogen-bond donors (Lipinski definition) is 3. The van der Waals surface area contributed by atoms with Gasteiger partial charge in [0.05, 0.1) is 0 Å². The second-order valence-corrected chi connectivity index (χ2v) is 8.64. The molecule has 0 spiro atoms. The van der Waals surface area contributed by atoms with Crippen molar-refractivity contribution in [2.45, 2.75) is 82.0 Å². The summed E-state index contributed by atoms with van der Waals surface area (Å²) in [7, 11) is 0. The fourth-order valence-corrected chi connectivity index (χ4v) is 4.49. The lowest BCUT2D eigenvalue weighted by atomic mass is 9.84. The first-order valence-corrected chi connectivity index (χ1v) is 11.0. The summed E-state index contributed by atoms with van der Waals surface area (Å²) < 4.78 is 13.3. The van der Waals surface area contributed by atoms with Gasteiger partial charge in [-0.05, 0) is 50.5 Å². The molecule has 2 aliphatic carbocycles. The number of aliphatic hydroxyl groups is 1. The molecule has 29 heavy (non-hydrogen) atoms. The van der Waals surface area contributed by atoms with Gasteiger partial charge in [0.25, 0.3) is 5.91 Å². The Bertz CT molecular complexity index is 676. The van der Waals surface area contributed by atoms with E-state index in [0.717, 1.165) is 24.8 Å². The maximum absolute atomic E-state index is 13.3. The van der Waals surface area contributed by atoms with Crippen molar-refractivity contribution in [1.82, 2.24) is 10.6 Å². The summed E-state index contributed by atoms with van der Waals surface area (Å²) in [5.74, 6) is -0.642. The molecule has 2 saturated carbocycles. The summed E-state index contributed by atoms with van der Waals surface area (Å²) in [6.07, 6.45) is 5.47. The molecule has 3 rings (SSSR count). The van der Waals surface area contributed by atoms with Gasteiger partial charge in [-0.1, -0.05) is 49.6 Å². The Hall–Kier alpha value is -1.95. The van der Waals surface area contributed by atoms with E-state index in [-0.39, 0.29) is 23.8 Å². The van der Waals surface area contributed by atoms with Crippen molar-refractivity contribution in [2.24, 2.45) is 5.92 Å². The first-order chi connectivity index (χ1) is 14.0. The number of alkyl halides is 1. The summed E-state index contributed by atoms with van der Waals surface area (Å²) in [5.41, 5.74) is -0.188. The molecule has 0 saturated heterocycles. The number of carbonyl (C=O) groups is 2. The minimum atomic E-state index is -1.28. The average Bonchev–Trinajstić information content (AvgIpc) is 3.15. The predicted octanol–water partition coefficient (Wildman–Crippen LogP) is 3.05. The normalized spacial score (nSPS) is 24.6. The number of halogens is 1. The smallest absolute Gasteiger partial charge is 0.252 e. The van der Waals surface area contributed by atoms with Gasteiger partial charge in [-0.15, -0.1) is 0 Å². The standard InChI is InChI=1S/C23H33FN2O3/c24-19-10-9-18(16-19)21(27)25-14-11-20(15-17-7-3-1-4-8-17)26-22(28)23(29)12-5-2-6-13-23/h1,3-4,7-8,18-20,29H,2,5-6,9-16H2,(H,25,27)(H,26,28). The quantitative estimate of drug-likeness (QED) is 0.623. The highest BCUT2D eigenvalue weighted by Crippen LogP contribution is 2.29. The molecule has 0 heterocycles. The van der Waals surface area contributed by atoms with Crippen molar-refractivity contribution in [3.8, 4) is 0 Å². The van der Waals surface area contributed by atoms with Crippen molar-refractivity contribution in [1.29, 1.82) is 0 Å². The van der Waals surface area contributed by atoms with Crippen molar-refractivity contribution in [3.63, 3.8) is 0 Å². The predicted molar refractivity (Wildman–Crippen MR) is 110 cm³/mol. The zero-order valence-electron chi connectivity index (χ0n) is 17.0. The largest absolute Gasteiger partial charge is 0.380 e. The van der Waals surface area contributed by atoms with Gasteiger partial charge in [0.1, 0.15) is 11.8 Å². The van der Waals surface area contributed by atoms with Crippen LogP contribution in [0.2, 0.25) is 0 Å². The van der Waals surface area contributed by atoms with Crippen LogP contribution in [-0.2, 0) is 16.0 Å². The molecular weight excluding hydrogens is 371 g/mol. The molecule has 3 atom stereocenters. The van der Waals surface area contributed by atoms with E-state index in [2.05, 4.69) is 10.6 Å². The first kappa shape index (κ1) is 21.8. The van der Waals surface area contributed by atoms with Crippen LogP contribution in [0.4, 0.5) is 4.39 Å². The van der Waals surface area contributed by atoms with Crippen molar-refractivity contribution < 1.29 is 19.1 Å². The lowest BCUT2D eigenvalue weighted by molar-refractivity contribution is -0.143. The summed E-state index contributed by atoms with van der Waals surface area (Å²) in [4.78, 5) is 25.0. The van der Waals surface area contributed by atoms with Crippen LogP contribution >= 0.6 is 0 Å². The molecule has 0 aliphatic heterocycles. The van der Waals surface area contributed by atoms with Crippen LogP contribution < -0.4 is 10.6 Å². The summed E-state index contributed by atoms with van der Waals surface area (Å²) in [6.45, 7) is 0.419. The summed E-state index contributed by atoms with van der Waals surface area (Å²) in [6, 6.07) is 9.69. The lowest BCUT2D eigenvalue weighted by Crippen LogP contribution is -2.52. The summed E-state index contributed by atoms with van der Waals surface area (Å²) in [5, 5.41) is 16.6. The highest BCUT2D eigenvalue weighted by atomic mass is 19.1. The molecule has 1 aromatic carbocycles. The second-order valence-electron chi connectivity index (χ2n) is 8.64. The molecule has 6 heteroatoms. The zero-order chi connectivity index (χ0) is 20.7. The number of amides is 2. The molecule has 160 valence electrons. The van der Waals surface area contributed by atoms with Gasteiger partial charge in [0, 0.05) is 18.5 Å². The Morgan fingerprint density at radius 3 is 2.52 bits per heavy atom. The van der Waals surface area contributed by atoms with Gasteiger partial charge in [-0.3, -0.25) is 9.59 Å². The molecule has 5 nitrogen and oxygen atoms in total. The van der Waals surface area contributed by atoms with Gasteiger partial charge < -0.3 is 15.7 Å². The van der Waals surface area contributed by atoms with E-state index in [1.165, 1.54) is 0 Å². The lowest BCUT2D eigenvalue weighted by Gasteiger charge is -2.32. The molecule has 0 aromatic heterocycles. The Morgan fingerprint density at radius 1 is 1.14 bits per heavy atom. The third kappa shape index (κ3) is 6.26. The maximum atomic E-state index is 13.3. The third-order valence-corrected chi connectivity index (χ3v) is 6.29. The molecular formula is C23H33FN2O3. The highest BCUT2D eigenvalue weighted by Gasteiger charge is 2.38. The molecule has 0 radical (unpaired) electrons. The molecule has 3 N–H and O–H groups in total. The van der Waals surface area contributed by atoms with Crippen LogP contribution in [0.15, 0.2) is 30.3 Å². The van der Waals surface area contributed by atoms with E-state index in [9.17, 15) is 19.1 Å². The number of carbonyl (C=O) groups excluding carboxylic acids is 2. The van der Waals surface area contributed by atoms with Crippen LogP contribution in [0.25, 0.3) is 0 Å². The van der Waals surface area contributed by atoms with Gasteiger partial charge in [-0.2, -0.15) is 0 Å². The molecule has 1 aromatic rings. The van der Waals surface area contributed by atoms with Crippen LogP contribution in [-0.4, -0.2) is 41.3 Å². The third-order valence-electron chi connectivity index (χ3n) is 6.29. The number of hydrogen-bond acceptors (Lipinski definition) is 3. The van der Waals surface area contributed by atoms with Gasteiger partial charge in [0.2, 0.25) is 5.91 Å². The SMILES string of the molecule is O=C(NCCC(Cc1ccccc1)NC(=O)C1(O)CCCCC1)C1CCC(F)C1. The minimum absolute atomic E-state index is 0.0964. The molecule has 2 fully saturated rings. The van der Waals surface area contributed by atoms with E-state index >= 15 is 0 Å². The zero-order valence-corrected chi connectivity index (χ0v) is 17.0. The fourth-order valence-electron chi connectivity index (χ4n) is 4.49. The number of rotatable bonds is 8. The number of nitrogens with one attached hydrogen (secondary N) is 2. The van der Waals surface area contributed by atoms with Crippen LogP contribution in [0, 0.1) is 5.92 Å². The van der Waals surface area contributed by atoms with E-state index in [4.69, 9.17) is 0 Å². The van der Waals surface area contributed by atoms with E-state index in [0.29, 0.717) is 51.5 Å². The Morgan fingerprint density at radius 2 is 1.86 bits per heavy atom. The minimum Gasteiger partial charge on any atom is -0.380 e. The molecule has 0 bridgehead atoms. The maximum Gasteiger partial charge on any atom is 0.252 e. The van der Waals surface area contributed by atoms with E-state index in [1.54, 1.807) is 0 Å². The Labute approximate surface area is 172 Å². The first-order valence-electron chi connectivity index (χ1n) is 11.0. The summed E-state index contributed by atoms with van der Waals surface area (Å²) >= 11 is 0. The van der Waals surface area contributed by atoms with E-state index < -0.39 is 11.8 Å². The van der Waals surface area contributed by atoms with Crippen molar-refractivity contribution in [2.75, 3.05) is 6.54 Å². The number of benzene rings is 1. The second kappa shape index (κ2) is 10.2. The topological polar surface area (TPSA) is 78.4 Å². The van der Waals surface area contributed by atoms with Gasteiger partial charge >= 0.3 is 0 Å². The van der Waals surface area contributed by atoms with Crippen LogP contribution in [0.5, 0.6) is 0 Å². The van der Waals surface area contributed by atoms with Gasteiger partial charge in [-0.25, -0.2) is 4.39 Å².